The number of halogens is 1. The van der Waals surface area contributed by atoms with Gasteiger partial charge in [-0.25, -0.2) is 0 Å². The van der Waals surface area contributed by atoms with Crippen LogP contribution in [0.15, 0.2) is 0 Å². The summed E-state index contributed by atoms with van der Waals surface area (Å²) in [4.78, 5) is 0. The molecule has 55 valence electrons. The summed E-state index contributed by atoms with van der Waals surface area (Å²) in [6, 6.07) is 0. The van der Waals surface area contributed by atoms with Gasteiger partial charge in [-0.1, -0.05) is 33.1 Å². The maximum absolute atomic E-state index is 5.84. The molecule has 0 spiro atoms. The van der Waals surface area contributed by atoms with Crippen LogP contribution in [-0.4, -0.2) is 5.38 Å². The first-order chi connectivity index (χ1) is 4.31. The van der Waals surface area contributed by atoms with Crippen molar-refractivity contribution in [3.63, 3.8) is 0 Å². The topological polar surface area (TPSA) is 0 Å². The van der Waals surface area contributed by atoms with E-state index in [0.717, 1.165) is 12.8 Å². The minimum absolute atomic E-state index is 0.316. The largest absolute Gasteiger partial charge is 0.123 e. The molecule has 0 nitrogen and oxygen atoms in total. The zero-order valence-corrected chi connectivity index (χ0v) is 6.95. The van der Waals surface area contributed by atoms with Gasteiger partial charge in [-0.3, -0.25) is 0 Å². The molecule has 0 saturated carbocycles. The molecule has 0 aromatic heterocycles. The molecule has 0 rings (SSSR count). The highest BCUT2D eigenvalue weighted by atomic mass is 35.5. The van der Waals surface area contributed by atoms with Gasteiger partial charge in [0.15, 0.2) is 0 Å². The van der Waals surface area contributed by atoms with Crippen molar-refractivity contribution in [2.24, 2.45) is 0 Å². The fraction of sp³-hybridized carbons (Fsp3) is 0.875. The van der Waals surface area contributed by atoms with Crippen molar-refractivity contribution >= 4 is 11.6 Å². The lowest BCUT2D eigenvalue weighted by Crippen LogP contribution is -1.94. The van der Waals surface area contributed by atoms with Crippen LogP contribution in [0, 0.1) is 6.92 Å². The van der Waals surface area contributed by atoms with Crippen molar-refractivity contribution in [2.75, 3.05) is 0 Å². The Morgan fingerprint density at radius 3 is 2.56 bits per heavy atom. The fourth-order valence-corrected chi connectivity index (χ4v) is 0.914. The molecule has 0 bridgehead atoms. The number of hydrogen-bond acceptors (Lipinski definition) is 0. The van der Waals surface area contributed by atoms with Crippen LogP contribution >= 0.6 is 11.6 Å². The second-order valence-corrected chi connectivity index (χ2v) is 3.00. The van der Waals surface area contributed by atoms with Crippen molar-refractivity contribution in [3.05, 3.63) is 6.92 Å². The van der Waals surface area contributed by atoms with E-state index in [1.165, 1.54) is 19.3 Å². The van der Waals surface area contributed by atoms with Gasteiger partial charge in [-0.15, -0.1) is 11.6 Å². The molecule has 0 aromatic rings. The van der Waals surface area contributed by atoms with Gasteiger partial charge < -0.3 is 0 Å². The van der Waals surface area contributed by atoms with Crippen LogP contribution in [0.1, 0.15) is 39.0 Å². The quantitative estimate of drug-likeness (QED) is 0.413. The first-order valence-electron chi connectivity index (χ1n) is 3.74. The first-order valence-corrected chi connectivity index (χ1v) is 4.18. The zero-order chi connectivity index (χ0) is 7.11. The summed E-state index contributed by atoms with van der Waals surface area (Å²) in [7, 11) is 0. The summed E-state index contributed by atoms with van der Waals surface area (Å²) in [5.41, 5.74) is 0. The van der Waals surface area contributed by atoms with Crippen LogP contribution in [-0.2, 0) is 0 Å². The Kier molecular flexibility index (Phi) is 6.62. The monoisotopic (exact) mass is 147 g/mol. The molecule has 1 unspecified atom stereocenters. The molecule has 0 amide bonds. The number of hydrogen-bond donors (Lipinski definition) is 0. The molecular formula is C8H16Cl. The molecular weight excluding hydrogens is 132 g/mol. The average Bonchev–Trinajstić information content (AvgIpc) is 1.89. The highest BCUT2D eigenvalue weighted by Crippen LogP contribution is 2.10. The highest BCUT2D eigenvalue weighted by Gasteiger charge is 1.98. The minimum atomic E-state index is 0.316. The molecule has 0 heterocycles. The third-order valence-electron chi connectivity index (χ3n) is 1.43. The molecule has 0 saturated heterocycles. The van der Waals surface area contributed by atoms with Gasteiger partial charge in [0.2, 0.25) is 0 Å². The lowest BCUT2D eigenvalue weighted by molar-refractivity contribution is 0.642. The molecule has 0 aliphatic heterocycles. The van der Waals surface area contributed by atoms with E-state index in [0.29, 0.717) is 5.38 Å². The summed E-state index contributed by atoms with van der Waals surface area (Å²) in [6.07, 6.45) is 5.86. The maximum atomic E-state index is 5.84. The standard InChI is InChI=1S/C8H16Cl/c1-3-5-6-7-8(9)4-2/h8H,2-7H2,1H3. The molecule has 1 atom stereocenters. The van der Waals surface area contributed by atoms with Crippen LogP contribution in [0.4, 0.5) is 0 Å². The summed E-state index contributed by atoms with van der Waals surface area (Å²) in [5.74, 6) is 0. The number of unbranched alkanes of at least 4 members (excludes halogenated alkanes) is 2. The Labute approximate surface area is 63.6 Å². The summed E-state index contributed by atoms with van der Waals surface area (Å²) in [6.45, 7) is 5.93. The summed E-state index contributed by atoms with van der Waals surface area (Å²) < 4.78 is 0. The third kappa shape index (κ3) is 6.17. The first kappa shape index (κ1) is 9.29. The number of alkyl halides is 1. The number of rotatable bonds is 5. The molecule has 0 fully saturated rings. The van der Waals surface area contributed by atoms with Crippen molar-refractivity contribution in [1.82, 2.24) is 0 Å². The Balaban J connectivity index is 2.88. The fourth-order valence-electron chi connectivity index (χ4n) is 0.760. The van der Waals surface area contributed by atoms with E-state index in [2.05, 4.69) is 13.8 Å². The SMILES string of the molecule is [CH2]CC(Cl)CCCCC. The van der Waals surface area contributed by atoms with Gasteiger partial charge in [0.1, 0.15) is 0 Å². The van der Waals surface area contributed by atoms with E-state index in [9.17, 15) is 0 Å². The maximum Gasteiger partial charge on any atom is 0.0336 e. The van der Waals surface area contributed by atoms with Crippen molar-refractivity contribution in [2.45, 2.75) is 44.4 Å². The van der Waals surface area contributed by atoms with E-state index in [4.69, 9.17) is 11.6 Å². The van der Waals surface area contributed by atoms with Crippen LogP contribution in [0.2, 0.25) is 0 Å². The highest BCUT2D eigenvalue weighted by molar-refractivity contribution is 6.20. The second-order valence-electron chi connectivity index (χ2n) is 2.38. The molecule has 0 aliphatic carbocycles. The Bertz CT molecular complexity index is 52.5. The van der Waals surface area contributed by atoms with Crippen LogP contribution in [0.25, 0.3) is 0 Å². The average molecular weight is 148 g/mol. The second kappa shape index (κ2) is 6.41. The van der Waals surface area contributed by atoms with Gasteiger partial charge in [0, 0.05) is 5.38 Å². The Morgan fingerprint density at radius 2 is 2.11 bits per heavy atom. The van der Waals surface area contributed by atoms with E-state index in [1.54, 1.807) is 0 Å². The lowest BCUT2D eigenvalue weighted by atomic mass is 10.1. The van der Waals surface area contributed by atoms with Gasteiger partial charge in [-0.05, 0) is 12.8 Å². The van der Waals surface area contributed by atoms with Gasteiger partial charge in [0.25, 0.3) is 0 Å². The Hall–Kier alpha value is 0.290. The summed E-state index contributed by atoms with van der Waals surface area (Å²) >= 11 is 5.84. The van der Waals surface area contributed by atoms with Gasteiger partial charge in [-0.2, -0.15) is 0 Å². The molecule has 1 radical (unpaired) electrons. The minimum Gasteiger partial charge on any atom is -0.123 e. The van der Waals surface area contributed by atoms with Crippen molar-refractivity contribution in [1.29, 1.82) is 0 Å². The van der Waals surface area contributed by atoms with E-state index < -0.39 is 0 Å². The van der Waals surface area contributed by atoms with Crippen LogP contribution in [0.5, 0.6) is 0 Å². The summed E-state index contributed by atoms with van der Waals surface area (Å²) in [5, 5.41) is 0.316. The third-order valence-corrected chi connectivity index (χ3v) is 1.87. The predicted molar refractivity (Wildman–Crippen MR) is 43.8 cm³/mol. The smallest absolute Gasteiger partial charge is 0.0336 e. The molecule has 0 aromatic carbocycles. The molecule has 0 N–H and O–H groups in total. The molecule has 0 aliphatic rings. The van der Waals surface area contributed by atoms with Crippen molar-refractivity contribution in [3.8, 4) is 0 Å². The van der Waals surface area contributed by atoms with E-state index in [-0.39, 0.29) is 0 Å². The van der Waals surface area contributed by atoms with E-state index >= 15 is 0 Å². The van der Waals surface area contributed by atoms with Crippen LogP contribution < -0.4 is 0 Å². The zero-order valence-electron chi connectivity index (χ0n) is 6.20. The Morgan fingerprint density at radius 1 is 1.44 bits per heavy atom. The van der Waals surface area contributed by atoms with Crippen LogP contribution in [0.3, 0.4) is 0 Å². The van der Waals surface area contributed by atoms with Gasteiger partial charge >= 0.3 is 0 Å². The normalized spacial score (nSPS) is 13.7. The van der Waals surface area contributed by atoms with Crippen molar-refractivity contribution < 1.29 is 0 Å². The van der Waals surface area contributed by atoms with Gasteiger partial charge in [0.05, 0.1) is 0 Å². The lowest BCUT2D eigenvalue weighted by Gasteiger charge is -2.03. The molecule has 9 heavy (non-hydrogen) atoms. The predicted octanol–water partition coefficient (Wildman–Crippen LogP) is 3.40. The van der Waals surface area contributed by atoms with E-state index in [1.807, 2.05) is 0 Å². The molecule has 1 heteroatoms.